The maximum Gasteiger partial charge on any atom is 0.573 e. The fraction of sp³-hybridized carbons (Fsp3) is 0.571. The van der Waals surface area contributed by atoms with Crippen LogP contribution in [0.15, 0.2) is 22.7 Å². The Labute approximate surface area is 130 Å². The zero-order valence-electron chi connectivity index (χ0n) is 11.8. The van der Waals surface area contributed by atoms with Crippen LogP contribution in [0.3, 0.4) is 0 Å². The molecule has 0 spiro atoms. The van der Waals surface area contributed by atoms with Gasteiger partial charge in [0.15, 0.2) is 0 Å². The minimum atomic E-state index is -4.70. The number of benzene rings is 1. The van der Waals surface area contributed by atoms with Crippen molar-refractivity contribution in [2.45, 2.75) is 32.5 Å². The molecule has 3 nitrogen and oxygen atoms in total. The molecular formula is C14H19BrF3NO2. The molecule has 0 aliphatic rings. The van der Waals surface area contributed by atoms with Crippen LogP contribution >= 0.6 is 15.9 Å². The van der Waals surface area contributed by atoms with E-state index < -0.39 is 6.36 Å². The van der Waals surface area contributed by atoms with Crippen molar-refractivity contribution in [1.29, 1.82) is 0 Å². The molecule has 0 aliphatic carbocycles. The van der Waals surface area contributed by atoms with E-state index in [2.05, 4.69) is 32.9 Å². The minimum Gasteiger partial charge on any atom is -0.494 e. The van der Waals surface area contributed by atoms with Gasteiger partial charge in [-0.15, -0.1) is 13.2 Å². The number of halogens is 4. The van der Waals surface area contributed by atoms with Gasteiger partial charge in [-0.3, -0.25) is 0 Å². The van der Waals surface area contributed by atoms with Crippen molar-refractivity contribution in [2.75, 3.05) is 19.7 Å². The van der Waals surface area contributed by atoms with E-state index in [1.807, 2.05) is 0 Å². The monoisotopic (exact) mass is 369 g/mol. The van der Waals surface area contributed by atoms with Gasteiger partial charge >= 0.3 is 6.36 Å². The van der Waals surface area contributed by atoms with Crippen LogP contribution in [-0.2, 0) is 0 Å². The number of ether oxygens (including phenoxy) is 2. The van der Waals surface area contributed by atoms with Gasteiger partial charge in [-0.1, -0.05) is 6.92 Å². The lowest BCUT2D eigenvalue weighted by Crippen LogP contribution is -2.17. The van der Waals surface area contributed by atoms with Gasteiger partial charge in [0, 0.05) is 0 Å². The molecule has 0 fully saturated rings. The van der Waals surface area contributed by atoms with Gasteiger partial charge < -0.3 is 14.8 Å². The van der Waals surface area contributed by atoms with Gasteiger partial charge in [0.05, 0.1) is 11.1 Å². The molecule has 0 saturated carbocycles. The zero-order chi connectivity index (χ0) is 15.7. The predicted octanol–water partition coefficient (Wildman–Crippen LogP) is 4.51. The van der Waals surface area contributed by atoms with E-state index >= 15 is 0 Å². The third-order valence-electron chi connectivity index (χ3n) is 2.57. The molecule has 1 rings (SSSR count). The summed E-state index contributed by atoms with van der Waals surface area (Å²) in [5, 5.41) is 3.29. The molecule has 7 heteroatoms. The minimum absolute atomic E-state index is 0.210. The highest BCUT2D eigenvalue weighted by molar-refractivity contribution is 9.10. The molecule has 0 unspecified atom stereocenters. The summed E-state index contributed by atoms with van der Waals surface area (Å²) in [5.41, 5.74) is 0. The molecule has 1 N–H and O–H groups in total. The van der Waals surface area contributed by atoms with Gasteiger partial charge in [-0.25, -0.2) is 0 Å². The molecule has 1 aromatic carbocycles. The van der Waals surface area contributed by atoms with Crippen molar-refractivity contribution in [3.05, 3.63) is 22.7 Å². The number of unbranched alkanes of at least 4 members (excludes halogenated alkanes) is 1. The van der Waals surface area contributed by atoms with Crippen LogP contribution in [0.2, 0.25) is 0 Å². The normalized spacial score (nSPS) is 11.5. The second-order valence-corrected chi connectivity index (χ2v) is 5.30. The van der Waals surface area contributed by atoms with Crippen molar-refractivity contribution in [3.63, 3.8) is 0 Å². The summed E-state index contributed by atoms with van der Waals surface area (Å²) in [6, 6.07) is 4.16. The molecule has 0 aliphatic heterocycles. The molecule has 120 valence electrons. The Hall–Kier alpha value is -0.950. The molecule has 0 amide bonds. The number of hydrogen-bond donors (Lipinski definition) is 1. The SMILES string of the molecule is CCCNCCCCOc1ccc(OC(F)(F)F)c(Br)c1. The quantitative estimate of drug-likeness (QED) is 0.649. The van der Waals surface area contributed by atoms with E-state index in [0.29, 0.717) is 12.4 Å². The van der Waals surface area contributed by atoms with Crippen LogP contribution in [0, 0.1) is 0 Å². The Morgan fingerprint density at radius 2 is 1.95 bits per heavy atom. The van der Waals surface area contributed by atoms with Crippen molar-refractivity contribution < 1.29 is 22.6 Å². The molecular weight excluding hydrogens is 351 g/mol. The molecule has 0 radical (unpaired) electrons. The summed E-state index contributed by atoms with van der Waals surface area (Å²) in [4.78, 5) is 0. The Kier molecular flexibility index (Phi) is 7.88. The first-order valence-electron chi connectivity index (χ1n) is 6.81. The summed E-state index contributed by atoms with van der Waals surface area (Å²) in [6.45, 7) is 4.59. The number of rotatable bonds is 9. The van der Waals surface area contributed by atoms with Gasteiger partial charge in [-0.05, 0) is 66.5 Å². The highest BCUT2D eigenvalue weighted by atomic mass is 79.9. The van der Waals surface area contributed by atoms with E-state index in [1.165, 1.54) is 18.2 Å². The highest BCUT2D eigenvalue weighted by Crippen LogP contribution is 2.33. The molecule has 0 aromatic heterocycles. The Balaban J connectivity index is 2.32. The van der Waals surface area contributed by atoms with Crippen LogP contribution in [0.1, 0.15) is 26.2 Å². The number of hydrogen-bond acceptors (Lipinski definition) is 3. The highest BCUT2D eigenvalue weighted by Gasteiger charge is 2.31. The number of alkyl halides is 3. The average molecular weight is 370 g/mol. The van der Waals surface area contributed by atoms with Crippen LogP contribution in [-0.4, -0.2) is 26.1 Å². The first-order valence-corrected chi connectivity index (χ1v) is 7.60. The van der Waals surface area contributed by atoms with Crippen molar-refractivity contribution in [3.8, 4) is 11.5 Å². The van der Waals surface area contributed by atoms with E-state index in [-0.39, 0.29) is 10.2 Å². The van der Waals surface area contributed by atoms with Gasteiger partial charge in [0.25, 0.3) is 0 Å². The first-order chi connectivity index (χ1) is 9.92. The second kappa shape index (κ2) is 9.15. The summed E-state index contributed by atoms with van der Waals surface area (Å²) < 4.78 is 45.9. The fourth-order valence-corrected chi connectivity index (χ4v) is 2.06. The number of nitrogens with one attached hydrogen (secondary N) is 1. The van der Waals surface area contributed by atoms with Gasteiger partial charge in [0.2, 0.25) is 0 Å². The van der Waals surface area contributed by atoms with Gasteiger partial charge in [0.1, 0.15) is 11.5 Å². The summed E-state index contributed by atoms with van der Waals surface area (Å²) in [5.74, 6) is 0.233. The van der Waals surface area contributed by atoms with Crippen LogP contribution < -0.4 is 14.8 Å². The third kappa shape index (κ3) is 8.16. The van der Waals surface area contributed by atoms with E-state index in [4.69, 9.17) is 4.74 Å². The predicted molar refractivity (Wildman–Crippen MR) is 78.7 cm³/mol. The molecule has 0 heterocycles. The van der Waals surface area contributed by atoms with E-state index in [1.54, 1.807) is 0 Å². The standard InChI is InChI=1S/C14H19BrF3NO2/c1-2-7-19-8-3-4-9-20-11-5-6-13(12(15)10-11)21-14(16,17)18/h5-6,10,19H,2-4,7-9H2,1H3. The van der Waals surface area contributed by atoms with E-state index in [9.17, 15) is 13.2 Å². The maximum atomic E-state index is 12.1. The van der Waals surface area contributed by atoms with Crippen molar-refractivity contribution >= 4 is 15.9 Å². The van der Waals surface area contributed by atoms with Crippen LogP contribution in [0.25, 0.3) is 0 Å². The van der Waals surface area contributed by atoms with E-state index in [0.717, 1.165) is 32.4 Å². The topological polar surface area (TPSA) is 30.5 Å². The molecule has 0 saturated heterocycles. The lowest BCUT2D eigenvalue weighted by atomic mass is 10.3. The lowest BCUT2D eigenvalue weighted by molar-refractivity contribution is -0.274. The third-order valence-corrected chi connectivity index (χ3v) is 3.19. The Morgan fingerprint density at radius 1 is 1.19 bits per heavy atom. The Morgan fingerprint density at radius 3 is 2.57 bits per heavy atom. The summed E-state index contributed by atoms with van der Waals surface area (Å²) in [7, 11) is 0. The molecule has 0 atom stereocenters. The smallest absolute Gasteiger partial charge is 0.494 e. The van der Waals surface area contributed by atoms with Gasteiger partial charge in [-0.2, -0.15) is 0 Å². The Bertz CT molecular complexity index is 427. The van der Waals surface area contributed by atoms with Crippen molar-refractivity contribution in [2.24, 2.45) is 0 Å². The molecule has 21 heavy (non-hydrogen) atoms. The molecule has 0 bridgehead atoms. The van der Waals surface area contributed by atoms with Crippen LogP contribution in [0.4, 0.5) is 13.2 Å². The lowest BCUT2D eigenvalue weighted by Gasteiger charge is -2.12. The summed E-state index contributed by atoms with van der Waals surface area (Å²) >= 11 is 3.04. The fourth-order valence-electron chi connectivity index (χ4n) is 1.62. The maximum absolute atomic E-state index is 12.1. The molecule has 1 aromatic rings. The average Bonchev–Trinajstić information content (AvgIpc) is 2.39. The first kappa shape index (κ1) is 18.1. The largest absolute Gasteiger partial charge is 0.573 e. The van der Waals surface area contributed by atoms with Crippen molar-refractivity contribution in [1.82, 2.24) is 5.32 Å². The zero-order valence-corrected chi connectivity index (χ0v) is 13.4. The van der Waals surface area contributed by atoms with Crippen LogP contribution in [0.5, 0.6) is 11.5 Å². The summed E-state index contributed by atoms with van der Waals surface area (Å²) in [6.07, 6.45) is -1.71. The second-order valence-electron chi connectivity index (χ2n) is 4.45.